The molecule has 192 valence electrons. The zero-order chi connectivity index (χ0) is 26.7. The van der Waals surface area contributed by atoms with Gasteiger partial charge in [-0.15, -0.1) is 0 Å². The minimum absolute atomic E-state index is 0.0183. The van der Waals surface area contributed by atoms with Gasteiger partial charge in [0.1, 0.15) is 27.3 Å². The van der Waals surface area contributed by atoms with E-state index in [0.717, 1.165) is 12.3 Å². The van der Waals surface area contributed by atoms with Crippen molar-refractivity contribution in [2.24, 2.45) is 0 Å². The number of sulfonamides is 2. The quantitative estimate of drug-likeness (QED) is 0.339. The van der Waals surface area contributed by atoms with Gasteiger partial charge < -0.3 is 5.32 Å². The van der Waals surface area contributed by atoms with E-state index in [-0.39, 0.29) is 34.2 Å². The van der Waals surface area contributed by atoms with Crippen LogP contribution in [0.1, 0.15) is 11.1 Å². The van der Waals surface area contributed by atoms with Gasteiger partial charge in [0.15, 0.2) is 0 Å². The Bertz CT molecular complexity index is 2000. The number of aromatic nitrogens is 2. The summed E-state index contributed by atoms with van der Waals surface area (Å²) in [5.74, 6) is -0.734. The molecular weight excluding hydrogens is 525 g/mol. The number of benzene rings is 2. The fraction of sp³-hybridized carbons (Fsp3) is 0.130. The third-order valence-corrected chi connectivity index (χ3v) is 7.77. The monoisotopic (exact) mass is 545 g/mol. The van der Waals surface area contributed by atoms with Crippen LogP contribution in [0.3, 0.4) is 0 Å². The Labute approximate surface area is 209 Å². The molecule has 0 aliphatic carbocycles. The molecule has 3 heterocycles. The average molecular weight is 546 g/mol. The topological polar surface area (TPSA) is 148 Å². The molecule has 3 N–H and O–H groups in total. The summed E-state index contributed by atoms with van der Waals surface area (Å²) in [6.45, 7) is 1.57. The van der Waals surface area contributed by atoms with Crippen LogP contribution in [0.25, 0.3) is 11.3 Å². The molecule has 0 bridgehead atoms. The van der Waals surface area contributed by atoms with E-state index < -0.39 is 42.1 Å². The molecule has 0 amide bonds. The van der Waals surface area contributed by atoms with Gasteiger partial charge >= 0.3 is 0 Å². The first-order valence-electron chi connectivity index (χ1n) is 10.8. The molecule has 0 saturated carbocycles. The number of halogens is 1. The number of hydrogen-bond donors (Lipinski definition) is 3. The molecule has 5 rings (SSSR count). The molecule has 0 radical (unpaired) electrons. The Morgan fingerprint density at radius 3 is 2.54 bits per heavy atom. The third kappa shape index (κ3) is 4.44. The predicted molar refractivity (Wildman–Crippen MR) is 136 cm³/mol. The van der Waals surface area contributed by atoms with E-state index >= 15 is 0 Å². The SMILES string of the molecule is Cc1cc(Cn2c(=O)c(=C3Nc4ccc(NS(C)(=O)=O)cc4S(=O)(=O)N3)c(=O)c3cccn32)ccc1F. The number of fused-ring (bicyclic) bond motifs is 2. The summed E-state index contributed by atoms with van der Waals surface area (Å²) in [5.41, 5.74) is -0.312. The van der Waals surface area contributed by atoms with Crippen LogP contribution in [-0.2, 0) is 26.6 Å². The van der Waals surface area contributed by atoms with Crippen LogP contribution in [0.2, 0.25) is 0 Å². The first kappa shape index (κ1) is 24.5. The van der Waals surface area contributed by atoms with Gasteiger partial charge in [-0.3, -0.25) is 23.5 Å². The van der Waals surface area contributed by atoms with Crippen LogP contribution >= 0.6 is 0 Å². The van der Waals surface area contributed by atoms with Gasteiger partial charge in [-0.05, 0) is 54.4 Å². The maximum atomic E-state index is 13.8. The van der Waals surface area contributed by atoms with Crippen molar-refractivity contribution in [1.82, 2.24) is 13.9 Å². The highest BCUT2D eigenvalue weighted by atomic mass is 32.2. The van der Waals surface area contributed by atoms with Crippen LogP contribution < -0.4 is 31.0 Å². The van der Waals surface area contributed by atoms with Crippen molar-refractivity contribution in [3.05, 3.63) is 97.5 Å². The number of nitrogens with one attached hydrogen (secondary N) is 3. The Balaban J connectivity index is 1.71. The molecule has 1 aliphatic heterocycles. The zero-order valence-corrected chi connectivity index (χ0v) is 21.1. The van der Waals surface area contributed by atoms with Crippen molar-refractivity contribution >= 4 is 42.8 Å². The second-order valence-corrected chi connectivity index (χ2v) is 12.0. The molecule has 37 heavy (non-hydrogen) atoms. The number of aryl methyl sites for hydroxylation is 1. The highest BCUT2D eigenvalue weighted by molar-refractivity contribution is 7.92. The molecule has 0 saturated heterocycles. The Kier molecular flexibility index (Phi) is 5.60. The fourth-order valence-corrected chi connectivity index (χ4v) is 5.93. The molecule has 0 fully saturated rings. The largest absolute Gasteiger partial charge is 0.339 e. The van der Waals surface area contributed by atoms with Crippen molar-refractivity contribution in [2.45, 2.75) is 18.4 Å². The van der Waals surface area contributed by atoms with Crippen LogP contribution in [0.4, 0.5) is 15.8 Å². The second kappa shape index (κ2) is 8.45. The summed E-state index contributed by atoms with van der Waals surface area (Å²) in [6.07, 6.45) is 2.45. The normalized spacial score (nSPS) is 16.1. The first-order chi connectivity index (χ1) is 17.3. The van der Waals surface area contributed by atoms with E-state index in [1.54, 1.807) is 19.1 Å². The number of nitrogens with zero attached hydrogens (tertiary/aromatic N) is 2. The van der Waals surface area contributed by atoms with E-state index in [2.05, 4.69) is 14.8 Å². The third-order valence-electron chi connectivity index (χ3n) is 5.77. The lowest BCUT2D eigenvalue weighted by Gasteiger charge is -2.23. The maximum absolute atomic E-state index is 13.8. The second-order valence-electron chi connectivity index (χ2n) is 8.58. The summed E-state index contributed by atoms with van der Waals surface area (Å²) in [6, 6.07) is 11.2. The van der Waals surface area contributed by atoms with Crippen molar-refractivity contribution in [1.29, 1.82) is 0 Å². The smallest absolute Gasteiger partial charge is 0.280 e. The molecule has 0 unspecified atom stereocenters. The van der Waals surface area contributed by atoms with Crippen molar-refractivity contribution < 1.29 is 21.2 Å². The van der Waals surface area contributed by atoms with Crippen molar-refractivity contribution in [3.8, 4) is 0 Å². The van der Waals surface area contributed by atoms with Gasteiger partial charge in [0.05, 0.1) is 18.5 Å². The molecule has 14 heteroatoms. The number of anilines is 2. The summed E-state index contributed by atoms with van der Waals surface area (Å²) < 4.78 is 70.0. The van der Waals surface area contributed by atoms with E-state index in [9.17, 15) is 30.8 Å². The van der Waals surface area contributed by atoms with Gasteiger partial charge in [-0.1, -0.05) is 12.1 Å². The van der Waals surface area contributed by atoms with Crippen molar-refractivity contribution in [3.63, 3.8) is 0 Å². The molecule has 1 aliphatic rings. The maximum Gasteiger partial charge on any atom is 0.280 e. The minimum Gasteiger partial charge on any atom is -0.339 e. The minimum atomic E-state index is -4.29. The summed E-state index contributed by atoms with van der Waals surface area (Å²) in [4.78, 5) is 26.6. The molecule has 11 nitrogen and oxygen atoms in total. The zero-order valence-electron chi connectivity index (χ0n) is 19.4. The molecule has 0 atom stereocenters. The highest BCUT2D eigenvalue weighted by Crippen LogP contribution is 2.30. The molecule has 0 spiro atoms. The van der Waals surface area contributed by atoms with E-state index in [0.29, 0.717) is 11.1 Å². The molecule has 2 aromatic heterocycles. The fourth-order valence-electron chi connectivity index (χ4n) is 4.15. The van der Waals surface area contributed by atoms with E-state index in [1.165, 1.54) is 45.7 Å². The highest BCUT2D eigenvalue weighted by Gasteiger charge is 2.28. The standard InChI is InChI=1S/C23H20FN5O6S2/c1-13-10-14(5-7-16(13)24)12-29-23(31)20(21(30)18-4-3-9-28(18)29)22-25-17-8-6-15(26-36(2,32)33)11-19(17)37(34,35)27-22/h3-11,25-27H,12H2,1-2H3. The van der Waals surface area contributed by atoms with Crippen LogP contribution in [0, 0.1) is 12.7 Å². The van der Waals surface area contributed by atoms with Gasteiger partial charge in [0.25, 0.3) is 15.6 Å². The van der Waals surface area contributed by atoms with Gasteiger partial charge in [0.2, 0.25) is 15.5 Å². The van der Waals surface area contributed by atoms with Crippen LogP contribution in [0.15, 0.2) is 69.2 Å². The lowest BCUT2D eigenvalue weighted by Crippen LogP contribution is -2.52. The van der Waals surface area contributed by atoms with Gasteiger partial charge in [-0.25, -0.2) is 25.9 Å². The van der Waals surface area contributed by atoms with E-state index in [4.69, 9.17) is 0 Å². The summed E-state index contributed by atoms with van der Waals surface area (Å²) in [5, 5.41) is 2.35. The lowest BCUT2D eigenvalue weighted by molar-refractivity contribution is 0.585. The van der Waals surface area contributed by atoms with Gasteiger partial charge in [0, 0.05) is 11.9 Å². The molecule has 4 aromatic rings. The van der Waals surface area contributed by atoms with Gasteiger partial charge in [-0.2, -0.15) is 0 Å². The molecular formula is C23H20FN5O6S2. The first-order valence-corrected chi connectivity index (χ1v) is 14.2. The Morgan fingerprint density at radius 1 is 1.08 bits per heavy atom. The molecule has 2 aromatic carbocycles. The summed E-state index contributed by atoms with van der Waals surface area (Å²) >= 11 is 0. The number of hydrogen-bond acceptors (Lipinski definition) is 7. The summed E-state index contributed by atoms with van der Waals surface area (Å²) in [7, 11) is -7.95. The van der Waals surface area contributed by atoms with Crippen LogP contribution in [-0.4, -0.2) is 32.3 Å². The number of rotatable bonds is 4. The Morgan fingerprint density at radius 2 is 1.84 bits per heavy atom. The average Bonchev–Trinajstić information content (AvgIpc) is 3.28. The van der Waals surface area contributed by atoms with E-state index in [1.807, 2.05) is 0 Å². The van der Waals surface area contributed by atoms with Crippen LogP contribution in [0.5, 0.6) is 0 Å². The van der Waals surface area contributed by atoms with Crippen molar-refractivity contribution in [2.75, 3.05) is 16.3 Å². The Hall–Kier alpha value is -4.17. The predicted octanol–water partition coefficient (Wildman–Crippen LogP) is 0.517. The lowest BCUT2D eigenvalue weighted by atomic mass is 10.1.